The highest BCUT2D eigenvalue weighted by molar-refractivity contribution is 5.34. The van der Waals surface area contributed by atoms with Gasteiger partial charge in [0.2, 0.25) is 5.82 Å². The molecule has 30 heavy (non-hydrogen) atoms. The third-order valence-electron chi connectivity index (χ3n) is 6.42. The molecule has 0 saturated heterocycles. The van der Waals surface area contributed by atoms with Crippen LogP contribution >= 0.6 is 0 Å². The lowest BCUT2D eigenvalue weighted by molar-refractivity contribution is 0.283. The summed E-state index contributed by atoms with van der Waals surface area (Å²) in [7, 11) is 0. The summed E-state index contributed by atoms with van der Waals surface area (Å²) < 4.78 is 48.6. The first-order chi connectivity index (χ1) is 14.5. The number of benzene rings is 2. The number of rotatable bonds is 9. The number of unbranched alkanes of at least 4 members (excludes halogenated alkanes) is 4. The first-order valence-electron chi connectivity index (χ1n) is 11.4. The van der Waals surface area contributed by atoms with E-state index in [1.54, 1.807) is 25.1 Å². The molecule has 2 aromatic carbocycles. The lowest BCUT2D eigenvalue weighted by atomic mass is 9.76. The summed E-state index contributed by atoms with van der Waals surface area (Å²) in [6, 6.07) is 8.67. The summed E-state index contributed by atoms with van der Waals surface area (Å²) in [5, 5.41) is 0. The van der Waals surface area contributed by atoms with Gasteiger partial charge in [-0.05, 0) is 79.7 Å². The number of ether oxygens (including phenoxy) is 1. The summed E-state index contributed by atoms with van der Waals surface area (Å²) in [5.74, 6) is -1.54. The zero-order valence-electron chi connectivity index (χ0n) is 18.2. The van der Waals surface area contributed by atoms with Gasteiger partial charge in [-0.3, -0.25) is 0 Å². The molecule has 4 heteroatoms. The molecule has 1 nitrogen and oxygen atoms in total. The Kier molecular flexibility index (Phi) is 8.24. The minimum atomic E-state index is -0.871. The Morgan fingerprint density at radius 1 is 0.833 bits per heavy atom. The zero-order valence-corrected chi connectivity index (χ0v) is 18.2. The van der Waals surface area contributed by atoms with E-state index in [1.165, 1.54) is 12.8 Å². The van der Waals surface area contributed by atoms with E-state index in [0.717, 1.165) is 50.5 Å². The van der Waals surface area contributed by atoms with Crippen molar-refractivity contribution >= 4 is 0 Å². The molecule has 1 saturated carbocycles. The van der Waals surface area contributed by atoms with Gasteiger partial charge in [-0.2, -0.15) is 4.39 Å². The maximum atomic E-state index is 14.7. The Morgan fingerprint density at radius 3 is 2.23 bits per heavy atom. The van der Waals surface area contributed by atoms with E-state index < -0.39 is 11.6 Å². The first kappa shape index (κ1) is 22.7. The molecular weight excluding hydrogens is 385 g/mol. The highest BCUT2D eigenvalue weighted by atomic mass is 19.2. The summed E-state index contributed by atoms with van der Waals surface area (Å²) in [5.41, 5.74) is 2.09. The molecule has 0 N–H and O–H groups in total. The largest absolute Gasteiger partial charge is 0.490 e. The summed E-state index contributed by atoms with van der Waals surface area (Å²) in [6.07, 6.45) is 8.66. The van der Waals surface area contributed by atoms with Crippen LogP contribution in [0.4, 0.5) is 13.2 Å². The summed E-state index contributed by atoms with van der Waals surface area (Å²) in [6.45, 7) is 4.33. The molecular formula is C26H33F3O. The molecule has 164 valence electrons. The van der Waals surface area contributed by atoms with Crippen LogP contribution in [-0.2, 0) is 0 Å². The van der Waals surface area contributed by atoms with Gasteiger partial charge >= 0.3 is 0 Å². The standard InChI is InChI=1S/C26H33F3O/c1-3-4-5-6-7-16-30-24-15-14-22(25(28)26(24)29)20-12-10-19(11-13-20)21-9-8-18(2)23(27)17-21/h8-9,14-15,17,19-20H,3-7,10-13,16H2,1-2H3. The lowest BCUT2D eigenvalue weighted by Crippen LogP contribution is -2.14. The fourth-order valence-electron chi connectivity index (χ4n) is 4.46. The molecule has 0 bridgehead atoms. The van der Waals surface area contributed by atoms with Crippen LogP contribution in [0.2, 0.25) is 0 Å². The first-order valence-corrected chi connectivity index (χ1v) is 11.4. The van der Waals surface area contributed by atoms with Crippen LogP contribution in [0.5, 0.6) is 5.75 Å². The van der Waals surface area contributed by atoms with E-state index >= 15 is 0 Å². The maximum Gasteiger partial charge on any atom is 0.200 e. The molecule has 0 spiro atoms. The Morgan fingerprint density at radius 2 is 1.53 bits per heavy atom. The molecule has 0 aliphatic heterocycles. The molecule has 0 unspecified atom stereocenters. The highest BCUT2D eigenvalue weighted by Gasteiger charge is 2.27. The van der Waals surface area contributed by atoms with Gasteiger partial charge in [-0.1, -0.05) is 50.8 Å². The average Bonchev–Trinajstić information content (AvgIpc) is 2.76. The molecule has 0 heterocycles. The Bertz CT molecular complexity index is 825. The molecule has 0 atom stereocenters. The lowest BCUT2D eigenvalue weighted by Gasteiger charge is -2.29. The van der Waals surface area contributed by atoms with E-state index in [9.17, 15) is 13.2 Å². The van der Waals surface area contributed by atoms with Crippen molar-refractivity contribution in [2.45, 2.75) is 83.5 Å². The molecule has 3 rings (SSSR count). The van der Waals surface area contributed by atoms with Crippen molar-refractivity contribution in [3.8, 4) is 5.75 Å². The monoisotopic (exact) mass is 418 g/mol. The minimum absolute atomic E-state index is 0.00543. The fraction of sp³-hybridized carbons (Fsp3) is 0.538. The van der Waals surface area contributed by atoms with Crippen LogP contribution in [0.1, 0.15) is 93.2 Å². The van der Waals surface area contributed by atoms with Crippen LogP contribution in [0.3, 0.4) is 0 Å². The van der Waals surface area contributed by atoms with Crippen LogP contribution < -0.4 is 4.74 Å². The molecule has 1 aliphatic carbocycles. The molecule has 1 fully saturated rings. The van der Waals surface area contributed by atoms with Crippen molar-refractivity contribution in [1.82, 2.24) is 0 Å². The average molecular weight is 419 g/mol. The number of hydrogen-bond donors (Lipinski definition) is 0. The third kappa shape index (κ3) is 5.59. The number of aryl methyl sites for hydroxylation is 1. The SMILES string of the molecule is CCCCCCCOc1ccc(C2CCC(c3ccc(C)c(F)c3)CC2)c(F)c1F. The van der Waals surface area contributed by atoms with Crippen LogP contribution in [-0.4, -0.2) is 6.61 Å². The van der Waals surface area contributed by atoms with Crippen molar-refractivity contribution in [2.24, 2.45) is 0 Å². The van der Waals surface area contributed by atoms with Crippen molar-refractivity contribution in [2.75, 3.05) is 6.61 Å². The van der Waals surface area contributed by atoms with Gasteiger partial charge in [-0.15, -0.1) is 0 Å². The highest BCUT2D eigenvalue weighted by Crippen LogP contribution is 2.42. The summed E-state index contributed by atoms with van der Waals surface area (Å²) >= 11 is 0. The minimum Gasteiger partial charge on any atom is -0.490 e. The second kappa shape index (κ2) is 10.9. The van der Waals surface area contributed by atoms with Gasteiger partial charge in [0.05, 0.1) is 6.61 Å². The van der Waals surface area contributed by atoms with E-state index in [0.29, 0.717) is 17.7 Å². The normalized spacial score (nSPS) is 19.1. The maximum absolute atomic E-state index is 14.7. The predicted octanol–water partition coefficient (Wildman–Crippen LogP) is 8.20. The third-order valence-corrected chi connectivity index (χ3v) is 6.42. The van der Waals surface area contributed by atoms with Crippen molar-refractivity contribution in [3.05, 3.63) is 64.5 Å². The van der Waals surface area contributed by atoms with Gasteiger partial charge in [0.1, 0.15) is 5.82 Å². The smallest absolute Gasteiger partial charge is 0.200 e. The van der Waals surface area contributed by atoms with Crippen LogP contribution in [0.15, 0.2) is 30.3 Å². The van der Waals surface area contributed by atoms with E-state index in [2.05, 4.69) is 6.92 Å². The van der Waals surface area contributed by atoms with Gasteiger partial charge in [0, 0.05) is 0 Å². The zero-order chi connectivity index (χ0) is 21.5. The van der Waals surface area contributed by atoms with Crippen molar-refractivity contribution in [3.63, 3.8) is 0 Å². The van der Waals surface area contributed by atoms with Gasteiger partial charge in [-0.25, -0.2) is 8.78 Å². The molecule has 1 aliphatic rings. The fourth-order valence-corrected chi connectivity index (χ4v) is 4.46. The number of hydrogen-bond acceptors (Lipinski definition) is 1. The Hall–Kier alpha value is -1.97. The topological polar surface area (TPSA) is 9.23 Å². The summed E-state index contributed by atoms with van der Waals surface area (Å²) in [4.78, 5) is 0. The van der Waals surface area contributed by atoms with Gasteiger partial charge in [0.25, 0.3) is 0 Å². The second-order valence-electron chi connectivity index (χ2n) is 8.60. The molecule has 0 amide bonds. The molecule has 2 aromatic rings. The van der Waals surface area contributed by atoms with E-state index in [4.69, 9.17) is 4.74 Å². The Balaban J connectivity index is 1.56. The van der Waals surface area contributed by atoms with E-state index in [-0.39, 0.29) is 23.4 Å². The van der Waals surface area contributed by atoms with Crippen LogP contribution in [0, 0.1) is 24.4 Å². The Labute approximate surface area is 178 Å². The van der Waals surface area contributed by atoms with Gasteiger partial charge < -0.3 is 4.74 Å². The predicted molar refractivity (Wildman–Crippen MR) is 116 cm³/mol. The van der Waals surface area contributed by atoms with Crippen LogP contribution in [0.25, 0.3) is 0 Å². The molecule has 0 radical (unpaired) electrons. The number of halogens is 3. The van der Waals surface area contributed by atoms with Crippen molar-refractivity contribution < 1.29 is 17.9 Å². The quantitative estimate of drug-likeness (QED) is 0.373. The van der Waals surface area contributed by atoms with Gasteiger partial charge in [0.15, 0.2) is 11.6 Å². The molecule has 0 aromatic heterocycles. The second-order valence-corrected chi connectivity index (χ2v) is 8.60. The van der Waals surface area contributed by atoms with Crippen molar-refractivity contribution in [1.29, 1.82) is 0 Å². The van der Waals surface area contributed by atoms with E-state index in [1.807, 2.05) is 12.1 Å².